The summed E-state index contributed by atoms with van der Waals surface area (Å²) in [6.45, 7) is 4.93. The molecule has 2 aromatic rings. The van der Waals surface area contributed by atoms with Crippen molar-refractivity contribution >= 4 is 21.7 Å². The Kier molecular flexibility index (Phi) is 4.66. The van der Waals surface area contributed by atoms with Crippen molar-refractivity contribution < 1.29 is 17.6 Å². The van der Waals surface area contributed by atoms with Gasteiger partial charge in [0.15, 0.2) is 0 Å². The van der Waals surface area contributed by atoms with Crippen LogP contribution in [0.4, 0.5) is 10.5 Å². The van der Waals surface area contributed by atoms with E-state index >= 15 is 0 Å². The Morgan fingerprint density at radius 3 is 2.59 bits per heavy atom. The summed E-state index contributed by atoms with van der Waals surface area (Å²) in [7, 11) is -4.09. The number of sulfonamides is 1. The van der Waals surface area contributed by atoms with Crippen molar-refractivity contribution in [1.82, 2.24) is 9.62 Å². The van der Waals surface area contributed by atoms with E-state index in [-0.39, 0.29) is 11.0 Å². The summed E-state index contributed by atoms with van der Waals surface area (Å²) in [5.41, 5.74) is 5.19. The van der Waals surface area contributed by atoms with Crippen LogP contribution < -0.4 is 10.0 Å². The predicted octanol–water partition coefficient (Wildman–Crippen LogP) is 4.10. The molecule has 2 amide bonds. The van der Waals surface area contributed by atoms with Gasteiger partial charge in [0.2, 0.25) is 5.09 Å². The third kappa shape index (κ3) is 3.44. The first-order valence-corrected chi connectivity index (χ1v) is 13.2. The number of furan rings is 1. The number of nitrogens with zero attached hydrogens (tertiary/aromatic N) is 1. The van der Waals surface area contributed by atoms with Gasteiger partial charge in [-0.25, -0.2) is 9.52 Å². The number of carbonyl (C=O) groups excluding carboxylic acids is 1. The summed E-state index contributed by atoms with van der Waals surface area (Å²) in [6, 6.07) is 5.11. The number of hydrogen-bond acceptors (Lipinski definition) is 5. The SMILES string of the molecule is C[C@@H](c1ccc2c(c1NC(=O)NS(=O)(=O)c1cc3c(o1)C1CCN(CC1)C3)CC2)C1CC1. The zero-order valence-electron chi connectivity index (χ0n) is 18.3. The van der Waals surface area contributed by atoms with Gasteiger partial charge in [0, 0.05) is 29.8 Å². The van der Waals surface area contributed by atoms with Gasteiger partial charge >= 0.3 is 6.03 Å². The summed E-state index contributed by atoms with van der Waals surface area (Å²) in [4.78, 5) is 15.1. The Hall–Kier alpha value is -2.32. The summed E-state index contributed by atoms with van der Waals surface area (Å²) in [6.07, 6.45) is 6.29. The minimum atomic E-state index is -4.09. The predicted molar refractivity (Wildman–Crippen MR) is 120 cm³/mol. The van der Waals surface area contributed by atoms with E-state index in [1.54, 1.807) is 6.07 Å². The lowest BCUT2D eigenvalue weighted by molar-refractivity contribution is 0.212. The highest BCUT2D eigenvalue weighted by Gasteiger charge is 2.35. The van der Waals surface area contributed by atoms with E-state index in [4.69, 9.17) is 4.42 Å². The molecular weight excluding hydrogens is 426 g/mol. The van der Waals surface area contributed by atoms with Crippen molar-refractivity contribution in [2.24, 2.45) is 5.92 Å². The standard InChI is InChI=1S/C24H29N3O4S/c1-14(15-2-3-15)19-6-4-16-5-7-20(16)22(19)25-24(28)26-32(29,30)21-12-18-13-27-10-8-17(9-11-27)23(18)31-21/h4,6,12,14-15,17H,2-3,5,7-11,13H2,1H3,(H2,25,26,28)/t14-/m1/s1. The van der Waals surface area contributed by atoms with Crippen LogP contribution in [0.2, 0.25) is 0 Å². The summed E-state index contributed by atoms with van der Waals surface area (Å²) >= 11 is 0. The van der Waals surface area contributed by atoms with Crippen molar-refractivity contribution in [3.8, 4) is 0 Å². The van der Waals surface area contributed by atoms with Gasteiger partial charge < -0.3 is 9.73 Å². The molecule has 8 heteroatoms. The number of fused-ring (bicyclic) bond motifs is 3. The zero-order valence-corrected chi connectivity index (χ0v) is 19.1. The maximum atomic E-state index is 13.0. The lowest BCUT2D eigenvalue weighted by Gasteiger charge is -2.27. The minimum Gasteiger partial charge on any atom is -0.447 e. The third-order valence-corrected chi connectivity index (χ3v) is 8.99. The first kappa shape index (κ1) is 20.3. The summed E-state index contributed by atoms with van der Waals surface area (Å²) in [5, 5.41) is 2.71. The van der Waals surface area contributed by atoms with Gasteiger partial charge in [0.1, 0.15) is 5.76 Å². The van der Waals surface area contributed by atoms with Crippen LogP contribution in [0.25, 0.3) is 0 Å². The number of amides is 2. The number of urea groups is 1. The fraction of sp³-hybridized carbons (Fsp3) is 0.542. The zero-order chi connectivity index (χ0) is 22.0. The molecule has 2 aliphatic carbocycles. The molecule has 2 N–H and O–H groups in total. The van der Waals surface area contributed by atoms with Crippen molar-refractivity contribution in [3.05, 3.63) is 46.2 Å². The average molecular weight is 456 g/mol. The van der Waals surface area contributed by atoms with Gasteiger partial charge in [0.25, 0.3) is 10.0 Å². The van der Waals surface area contributed by atoms with E-state index in [1.807, 2.05) is 0 Å². The van der Waals surface area contributed by atoms with Gasteiger partial charge in [-0.2, -0.15) is 8.42 Å². The first-order chi connectivity index (χ1) is 15.4. The van der Waals surface area contributed by atoms with Crippen LogP contribution in [-0.2, 0) is 29.4 Å². The second kappa shape index (κ2) is 7.35. The molecule has 1 atom stereocenters. The number of anilines is 1. The lowest BCUT2D eigenvalue weighted by Crippen LogP contribution is -2.35. The average Bonchev–Trinajstić information content (AvgIpc) is 3.53. The number of aryl methyl sites for hydroxylation is 1. The summed E-state index contributed by atoms with van der Waals surface area (Å²) < 4.78 is 33.9. The Morgan fingerprint density at radius 2 is 1.91 bits per heavy atom. The Bertz CT molecular complexity index is 1190. The monoisotopic (exact) mass is 455 g/mol. The molecule has 0 spiro atoms. The van der Waals surface area contributed by atoms with E-state index in [1.165, 1.54) is 18.4 Å². The van der Waals surface area contributed by atoms with Crippen LogP contribution in [0.15, 0.2) is 27.7 Å². The maximum Gasteiger partial charge on any atom is 0.333 e. The quantitative estimate of drug-likeness (QED) is 0.708. The van der Waals surface area contributed by atoms with E-state index in [0.29, 0.717) is 18.4 Å². The van der Waals surface area contributed by atoms with E-state index in [0.717, 1.165) is 66.9 Å². The van der Waals surface area contributed by atoms with Crippen LogP contribution in [0.3, 0.4) is 0 Å². The molecule has 1 aromatic carbocycles. The molecule has 7 rings (SSSR count). The van der Waals surface area contributed by atoms with Crippen molar-refractivity contribution in [2.45, 2.75) is 68.9 Å². The molecular formula is C24H29N3O4S. The van der Waals surface area contributed by atoms with Gasteiger partial charge in [-0.3, -0.25) is 4.90 Å². The second-order valence-corrected chi connectivity index (χ2v) is 11.5. The van der Waals surface area contributed by atoms with E-state index in [9.17, 15) is 13.2 Å². The number of hydrogen-bond donors (Lipinski definition) is 2. The molecule has 1 aromatic heterocycles. The molecule has 0 radical (unpaired) electrons. The van der Waals surface area contributed by atoms with Crippen molar-refractivity contribution in [2.75, 3.05) is 18.4 Å². The van der Waals surface area contributed by atoms with Crippen molar-refractivity contribution in [3.63, 3.8) is 0 Å². The van der Waals surface area contributed by atoms with Crippen LogP contribution in [0, 0.1) is 5.92 Å². The highest BCUT2D eigenvalue weighted by molar-refractivity contribution is 7.89. The molecule has 32 heavy (non-hydrogen) atoms. The molecule has 4 heterocycles. The largest absolute Gasteiger partial charge is 0.447 e. The normalized spacial score (nSPS) is 24.7. The number of nitrogens with one attached hydrogen (secondary N) is 2. The minimum absolute atomic E-state index is 0.168. The molecule has 3 aliphatic heterocycles. The molecule has 0 unspecified atom stereocenters. The van der Waals surface area contributed by atoms with Crippen LogP contribution in [0.5, 0.6) is 0 Å². The Morgan fingerprint density at radius 1 is 1.12 bits per heavy atom. The highest BCUT2D eigenvalue weighted by atomic mass is 32.2. The molecule has 1 saturated carbocycles. The van der Waals surface area contributed by atoms with Gasteiger partial charge in [-0.1, -0.05) is 19.1 Å². The van der Waals surface area contributed by atoms with Gasteiger partial charge in [-0.15, -0.1) is 0 Å². The fourth-order valence-electron chi connectivity index (χ4n) is 5.61. The topological polar surface area (TPSA) is 91.7 Å². The lowest BCUT2D eigenvalue weighted by atomic mass is 9.82. The number of carbonyl (C=O) groups is 1. The maximum absolute atomic E-state index is 13.0. The number of piperidine rings is 1. The molecule has 1 saturated heterocycles. The highest BCUT2D eigenvalue weighted by Crippen LogP contribution is 2.46. The molecule has 7 nitrogen and oxygen atoms in total. The Labute approximate surface area is 188 Å². The number of benzene rings is 1. The summed E-state index contributed by atoms with van der Waals surface area (Å²) in [5.74, 6) is 2.02. The van der Waals surface area contributed by atoms with E-state index in [2.05, 4.69) is 34.0 Å². The molecule has 5 aliphatic rings. The van der Waals surface area contributed by atoms with Crippen LogP contribution >= 0.6 is 0 Å². The molecule has 2 bridgehead atoms. The first-order valence-electron chi connectivity index (χ1n) is 11.7. The van der Waals surface area contributed by atoms with Gasteiger partial charge in [0.05, 0.1) is 0 Å². The van der Waals surface area contributed by atoms with E-state index < -0.39 is 16.1 Å². The second-order valence-electron chi connectivity index (χ2n) is 9.86. The third-order valence-electron chi connectivity index (χ3n) is 7.81. The smallest absolute Gasteiger partial charge is 0.333 e. The van der Waals surface area contributed by atoms with Crippen molar-refractivity contribution in [1.29, 1.82) is 0 Å². The fourth-order valence-corrected chi connectivity index (χ4v) is 6.51. The molecule has 170 valence electrons. The van der Waals surface area contributed by atoms with Gasteiger partial charge in [-0.05, 0) is 80.1 Å². The van der Waals surface area contributed by atoms with Crippen LogP contribution in [0.1, 0.15) is 72.5 Å². The molecule has 2 fully saturated rings. The number of rotatable bonds is 5. The Balaban J connectivity index is 1.23. The van der Waals surface area contributed by atoms with Crippen LogP contribution in [-0.4, -0.2) is 32.4 Å².